The standard InChI is InChI=1S/C63H53BN2O/c1-38-35-47-48(61(4,5)34-33-60(47,2)3)36-51(38)65-52-37-49-54(41-25-14-16-28-44(41)62(49,6)7)55-43-27-20-30-46-58(43)66(64(57(52)55)56-42-26-15-19-32-53(42)67-59(56)65)50-31-18-17-29-45(50)63(46,39-21-10-8-11-22-39)40-23-12-9-13-24-40/h8-32,35-37H,33-34H2,1-7H3. The zero-order chi connectivity index (χ0) is 45.4. The van der Waals surface area contributed by atoms with E-state index in [9.17, 15) is 0 Å². The summed E-state index contributed by atoms with van der Waals surface area (Å²) in [5.74, 6) is 0.912. The molecule has 324 valence electrons. The van der Waals surface area contributed by atoms with Gasteiger partial charge in [-0.2, -0.15) is 0 Å². The number of rotatable bonds is 3. The molecule has 2 aliphatic carbocycles. The zero-order valence-electron chi connectivity index (χ0n) is 39.5. The minimum Gasteiger partial charge on any atom is -0.440 e. The molecule has 0 atom stereocenters. The van der Waals surface area contributed by atoms with E-state index in [1.165, 1.54) is 112 Å². The lowest BCUT2D eigenvalue weighted by Gasteiger charge is -2.52. The second kappa shape index (κ2) is 13.1. The first-order valence-corrected chi connectivity index (χ1v) is 24.3. The maximum absolute atomic E-state index is 7.43. The van der Waals surface area contributed by atoms with E-state index in [2.05, 4.69) is 228 Å². The highest BCUT2D eigenvalue weighted by molar-refractivity contribution is 6.95. The Bertz CT molecular complexity index is 3560. The molecule has 0 N–H and O–H groups in total. The van der Waals surface area contributed by atoms with Crippen LogP contribution in [-0.2, 0) is 21.7 Å². The summed E-state index contributed by atoms with van der Waals surface area (Å²) < 4.78 is 7.43. The molecule has 0 bridgehead atoms. The van der Waals surface area contributed by atoms with Crippen LogP contribution in [0.15, 0.2) is 174 Å². The van der Waals surface area contributed by atoms with Gasteiger partial charge in [-0.15, -0.1) is 0 Å². The molecule has 0 spiro atoms. The Kier molecular flexibility index (Phi) is 7.66. The van der Waals surface area contributed by atoms with Crippen LogP contribution in [-0.4, -0.2) is 6.85 Å². The fourth-order valence-corrected chi connectivity index (χ4v) is 13.8. The minimum atomic E-state index is -0.598. The van der Waals surface area contributed by atoms with Crippen LogP contribution in [0.4, 0.5) is 28.6 Å². The molecule has 0 amide bonds. The average Bonchev–Trinajstić information content (AvgIpc) is 3.84. The summed E-state index contributed by atoms with van der Waals surface area (Å²) >= 11 is 0. The number of hydrogen-bond acceptors (Lipinski definition) is 3. The summed E-state index contributed by atoms with van der Waals surface area (Å²) in [6, 6.07) is 64.6. The first-order valence-electron chi connectivity index (χ1n) is 24.3. The Hall–Kier alpha value is -7.04. The highest BCUT2D eigenvalue weighted by atomic mass is 16.4. The van der Waals surface area contributed by atoms with Crippen LogP contribution in [0.3, 0.4) is 0 Å². The number of fused-ring (bicyclic) bond motifs is 13. The normalized spacial score (nSPS) is 17.7. The fraction of sp³-hybridized carbons (Fsp3) is 0.206. The molecule has 4 heterocycles. The summed E-state index contributed by atoms with van der Waals surface area (Å²) in [5, 5.41) is 1.16. The van der Waals surface area contributed by atoms with Crippen LogP contribution < -0.4 is 20.6 Å². The van der Waals surface area contributed by atoms with Crippen molar-refractivity contribution in [1.29, 1.82) is 0 Å². The fourth-order valence-electron chi connectivity index (χ4n) is 13.8. The first-order chi connectivity index (χ1) is 32.4. The van der Waals surface area contributed by atoms with Crippen molar-refractivity contribution in [2.75, 3.05) is 9.71 Å². The molecule has 14 rings (SSSR count). The summed E-state index contributed by atoms with van der Waals surface area (Å²) in [5.41, 5.74) is 25.0. The topological polar surface area (TPSA) is 19.6 Å². The Labute approximate surface area is 394 Å². The van der Waals surface area contributed by atoms with Gasteiger partial charge in [0.1, 0.15) is 5.58 Å². The van der Waals surface area contributed by atoms with Crippen molar-refractivity contribution in [3.63, 3.8) is 0 Å². The maximum Gasteiger partial charge on any atom is 0.337 e. The average molecular weight is 865 g/mol. The van der Waals surface area contributed by atoms with Gasteiger partial charge >= 0.3 is 6.85 Å². The van der Waals surface area contributed by atoms with E-state index < -0.39 is 5.41 Å². The summed E-state index contributed by atoms with van der Waals surface area (Å²) in [6.45, 7) is 16.8. The predicted octanol–water partition coefficient (Wildman–Crippen LogP) is 14.8. The molecule has 1 aromatic heterocycles. The van der Waals surface area contributed by atoms with Crippen molar-refractivity contribution in [3.8, 4) is 22.3 Å². The van der Waals surface area contributed by atoms with Gasteiger partial charge in [-0.25, -0.2) is 0 Å². The van der Waals surface area contributed by atoms with Gasteiger partial charge in [0, 0.05) is 38.9 Å². The van der Waals surface area contributed by atoms with E-state index in [1.807, 2.05) is 0 Å². The molecule has 67 heavy (non-hydrogen) atoms. The third-order valence-electron chi connectivity index (χ3n) is 17.1. The van der Waals surface area contributed by atoms with Crippen LogP contribution in [0.25, 0.3) is 33.2 Å². The largest absolute Gasteiger partial charge is 0.440 e. The van der Waals surface area contributed by atoms with Gasteiger partial charge < -0.3 is 9.23 Å². The Morgan fingerprint density at radius 3 is 1.79 bits per heavy atom. The van der Waals surface area contributed by atoms with E-state index >= 15 is 0 Å². The molecule has 3 aliphatic heterocycles. The Balaban J connectivity index is 1.19. The number of furan rings is 1. The number of aryl methyl sites for hydroxylation is 1. The van der Waals surface area contributed by atoms with Crippen LogP contribution in [0, 0.1) is 6.92 Å². The van der Waals surface area contributed by atoms with Gasteiger partial charge in [0.05, 0.1) is 11.1 Å². The smallest absolute Gasteiger partial charge is 0.337 e. The van der Waals surface area contributed by atoms with Crippen molar-refractivity contribution in [1.82, 2.24) is 0 Å². The summed E-state index contributed by atoms with van der Waals surface area (Å²) in [6.07, 6.45) is 2.32. The van der Waals surface area contributed by atoms with Crippen LogP contribution in [0.1, 0.15) is 104 Å². The maximum atomic E-state index is 7.43. The number of hydrogen-bond donors (Lipinski definition) is 0. The molecule has 9 aromatic rings. The molecule has 5 aliphatic rings. The molecule has 0 fully saturated rings. The second-order valence-electron chi connectivity index (χ2n) is 21.9. The van der Waals surface area contributed by atoms with Gasteiger partial charge in [-0.05, 0) is 127 Å². The highest BCUT2D eigenvalue weighted by Gasteiger charge is 2.56. The Morgan fingerprint density at radius 2 is 1.06 bits per heavy atom. The summed E-state index contributed by atoms with van der Waals surface area (Å²) in [4.78, 5) is 5.29. The number of nitrogens with zero attached hydrogens (tertiary/aromatic N) is 2. The van der Waals surface area contributed by atoms with Gasteiger partial charge in [-0.3, -0.25) is 4.90 Å². The molecule has 4 heteroatoms. The number of para-hydroxylation sites is 3. The van der Waals surface area contributed by atoms with Gasteiger partial charge in [0.25, 0.3) is 0 Å². The van der Waals surface area contributed by atoms with Crippen LogP contribution >= 0.6 is 0 Å². The molecular formula is C63H53BN2O. The lowest BCUT2D eigenvalue weighted by Crippen LogP contribution is -2.63. The van der Waals surface area contributed by atoms with Crippen LogP contribution in [0.5, 0.6) is 0 Å². The Morgan fingerprint density at radius 1 is 0.478 bits per heavy atom. The molecule has 3 nitrogen and oxygen atoms in total. The van der Waals surface area contributed by atoms with Gasteiger partial charge in [0.15, 0.2) is 0 Å². The monoisotopic (exact) mass is 864 g/mol. The first kappa shape index (κ1) is 39.2. The van der Waals surface area contributed by atoms with E-state index in [0.29, 0.717) is 0 Å². The van der Waals surface area contributed by atoms with Crippen molar-refractivity contribution in [2.45, 2.75) is 83.0 Å². The van der Waals surface area contributed by atoms with Crippen molar-refractivity contribution >= 4 is 57.4 Å². The van der Waals surface area contributed by atoms with Gasteiger partial charge in [0.2, 0.25) is 5.88 Å². The zero-order valence-corrected chi connectivity index (χ0v) is 39.5. The molecule has 0 saturated heterocycles. The number of benzene rings is 8. The van der Waals surface area contributed by atoms with E-state index in [-0.39, 0.29) is 23.1 Å². The van der Waals surface area contributed by atoms with E-state index in [1.54, 1.807) is 0 Å². The lowest BCUT2D eigenvalue weighted by atomic mass is 9.41. The van der Waals surface area contributed by atoms with Gasteiger partial charge in [-0.1, -0.05) is 187 Å². The molecule has 0 radical (unpaired) electrons. The summed E-state index contributed by atoms with van der Waals surface area (Å²) in [7, 11) is 0. The van der Waals surface area contributed by atoms with E-state index in [0.717, 1.165) is 23.3 Å². The molecule has 8 aromatic carbocycles. The molecule has 0 saturated carbocycles. The SMILES string of the molecule is Cc1cc2c(cc1N1c3cc4c(c5c3B(c3c1oc1ccccc31)N1c3ccccc3C(c3ccccc3)(c3ccccc3)c3cccc-5c31)-c1ccccc1C4(C)C)C(C)(C)CCC2(C)C. The number of anilines is 5. The van der Waals surface area contributed by atoms with Crippen molar-refractivity contribution < 1.29 is 4.42 Å². The highest BCUT2D eigenvalue weighted by Crippen LogP contribution is 2.64. The molecule has 0 unspecified atom stereocenters. The van der Waals surface area contributed by atoms with Crippen molar-refractivity contribution in [2.24, 2.45) is 0 Å². The van der Waals surface area contributed by atoms with E-state index in [4.69, 9.17) is 4.42 Å². The quantitative estimate of drug-likeness (QED) is 0.165. The molecular weight excluding hydrogens is 812 g/mol. The second-order valence-corrected chi connectivity index (χ2v) is 21.9. The minimum absolute atomic E-state index is 0.0280. The lowest BCUT2D eigenvalue weighted by molar-refractivity contribution is 0.332. The third-order valence-corrected chi connectivity index (χ3v) is 17.1. The third kappa shape index (κ3) is 4.83. The van der Waals surface area contributed by atoms with Crippen LogP contribution in [0.2, 0.25) is 0 Å². The van der Waals surface area contributed by atoms with Crippen molar-refractivity contribution in [3.05, 3.63) is 220 Å². The predicted molar refractivity (Wildman–Crippen MR) is 279 cm³/mol.